The van der Waals surface area contributed by atoms with Crippen LogP contribution in [0.25, 0.3) is 0 Å². The fourth-order valence-electron chi connectivity index (χ4n) is 1.56. The molecule has 0 aliphatic carbocycles. The second-order valence-electron chi connectivity index (χ2n) is 4.58. The Morgan fingerprint density at radius 1 is 1.43 bits per heavy atom. The van der Waals surface area contributed by atoms with Gasteiger partial charge in [0.05, 0.1) is 11.0 Å². The van der Waals surface area contributed by atoms with Gasteiger partial charge in [-0.05, 0) is 0 Å². The van der Waals surface area contributed by atoms with Crippen molar-refractivity contribution in [3.05, 3.63) is 33.9 Å². The van der Waals surface area contributed by atoms with Gasteiger partial charge in [-0.1, -0.05) is 13.8 Å². The predicted octanol–water partition coefficient (Wildman–Crippen LogP) is 1.10. The summed E-state index contributed by atoms with van der Waals surface area (Å²) >= 11 is 0. The molecular formula is C12H15F2N3O4. The zero-order chi connectivity index (χ0) is 16.2. The monoisotopic (exact) mass is 303 g/mol. The quantitative estimate of drug-likeness (QED) is 0.579. The first-order chi connectivity index (χ1) is 9.72. The average molecular weight is 303 g/mol. The topological polar surface area (TPSA) is 107 Å². The van der Waals surface area contributed by atoms with Crippen LogP contribution in [0.5, 0.6) is 5.75 Å². The number of nitrogens with two attached hydrogens (primary N) is 1. The Labute approximate surface area is 119 Å². The lowest BCUT2D eigenvalue weighted by Gasteiger charge is -2.18. The largest absolute Gasteiger partial charge is 0.488 e. The van der Waals surface area contributed by atoms with E-state index in [0.29, 0.717) is 12.1 Å². The van der Waals surface area contributed by atoms with Gasteiger partial charge in [-0.3, -0.25) is 14.9 Å². The Hall–Kier alpha value is -2.29. The molecule has 1 amide bonds. The molecule has 1 aromatic rings. The number of nitrogens with zero attached hydrogens (tertiary/aromatic N) is 1. The van der Waals surface area contributed by atoms with Crippen LogP contribution in [0.3, 0.4) is 0 Å². The van der Waals surface area contributed by atoms with Crippen LogP contribution in [0.4, 0.5) is 14.5 Å². The van der Waals surface area contributed by atoms with Gasteiger partial charge in [-0.15, -0.1) is 0 Å². The Morgan fingerprint density at radius 3 is 2.52 bits per heavy atom. The van der Waals surface area contributed by atoms with Gasteiger partial charge < -0.3 is 15.8 Å². The minimum absolute atomic E-state index is 0.0791. The zero-order valence-electron chi connectivity index (χ0n) is 11.4. The van der Waals surface area contributed by atoms with Crippen molar-refractivity contribution in [2.45, 2.75) is 25.9 Å². The van der Waals surface area contributed by atoms with Crippen LogP contribution >= 0.6 is 0 Å². The van der Waals surface area contributed by atoms with Crippen LogP contribution in [0.15, 0.2) is 12.1 Å². The van der Waals surface area contributed by atoms with E-state index in [9.17, 15) is 23.7 Å². The van der Waals surface area contributed by atoms with Crippen molar-refractivity contribution >= 4 is 11.6 Å². The number of carbonyl (C=O) groups excluding carboxylic acids is 1. The van der Waals surface area contributed by atoms with Crippen molar-refractivity contribution in [2.75, 3.05) is 6.61 Å². The first-order valence-electron chi connectivity index (χ1n) is 6.04. The number of benzene rings is 1. The second-order valence-corrected chi connectivity index (χ2v) is 4.58. The summed E-state index contributed by atoms with van der Waals surface area (Å²) in [6, 6.07) is -0.00652. The van der Waals surface area contributed by atoms with E-state index < -0.39 is 39.9 Å². The molecule has 116 valence electrons. The third kappa shape index (κ3) is 4.63. The van der Waals surface area contributed by atoms with E-state index in [1.165, 1.54) is 0 Å². The van der Waals surface area contributed by atoms with Crippen LogP contribution in [-0.2, 0) is 4.79 Å². The fourth-order valence-corrected chi connectivity index (χ4v) is 1.56. The molecule has 1 aromatic carbocycles. The van der Waals surface area contributed by atoms with E-state index >= 15 is 0 Å². The lowest BCUT2D eigenvalue weighted by atomic mass is 10.2. The number of primary amides is 1. The van der Waals surface area contributed by atoms with Crippen molar-refractivity contribution in [1.82, 2.24) is 5.32 Å². The van der Waals surface area contributed by atoms with Gasteiger partial charge in [0.15, 0.2) is 11.6 Å². The highest BCUT2D eigenvalue weighted by Gasteiger charge is 2.22. The summed E-state index contributed by atoms with van der Waals surface area (Å²) in [7, 11) is 0. The lowest BCUT2D eigenvalue weighted by Crippen LogP contribution is -2.48. The zero-order valence-corrected chi connectivity index (χ0v) is 11.4. The summed E-state index contributed by atoms with van der Waals surface area (Å²) < 4.78 is 31.9. The summed E-state index contributed by atoms with van der Waals surface area (Å²) in [6.07, 6.45) is 0. The first-order valence-corrected chi connectivity index (χ1v) is 6.04. The van der Waals surface area contributed by atoms with Crippen LogP contribution in [0.2, 0.25) is 0 Å². The maximum Gasteiger partial charge on any atom is 0.307 e. The fraction of sp³-hybridized carbons (Fsp3) is 0.417. The standard InChI is InChI=1S/C12H15F2N3O4/c1-6(2)16-9(12(15)18)5-21-11-4-7(13)10(17(19)20)3-8(11)14/h3-4,6,9,16H,5H2,1-2H3,(H2,15,18). The number of halogens is 2. The van der Waals surface area contributed by atoms with Gasteiger partial charge in [0.25, 0.3) is 0 Å². The molecule has 7 nitrogen and oxygen atoms in total. The van der Waals surface area contributed by atoms with Gasteiger partial charge in [-0.25, -0.2) is 4.39 Å². The Balaban J connectivity index is 2.86. The SMILES string of the molecule is CC(C)NC(COc1cc(F)c([N+](=O)[O-])cc1F)C(N)=O. The molecule has 0 heterocycles. The number of carbonyl (C=O) groups is 1. The van der Waals surface area contributed by atoms with E-state index in [1.54, 1.807) is 13.8 Å². The van der Waals surface area contributed by atoms with Gasteiger partial charge in [-0.2, -0.15) is 4.39 Å². The molecule has 9 heteroatoms. The van der Waals surface area contributed by atoms with Crippen molar-refractivity contribution in [2.24, 2.45) is 5.73 Å². The molecule has 0 aromatic heterocycles. The molecule has 1 rings (SSSR count). The minimum Gasteiger partial charge on any atom is -0.488 e. The van der Waals surface area contributed by atoms with E-state index in [1.807, 2.05) is 0 Å². The van der Waals surface area contributed by atoms with Crippen molar-refractivity contribution < 1.29 is 23.2 Å². The van der Waals surface area contributed by atoms with Crippen molar-refractivity contribution in [3.63, 3.8) is 0 Å². The number of amides is 1. The number of nitro benzene ring substituents is 1. The molecule has 1 atom stereocenters. The third-order valence-electron chi connectivity index (χ3n) is 2.48. The molecule has 1 unspecified atom stereocenters. The van der Waals surface area contributed by atoms with E-state index in [2.05, 4.69) is 5.32 Å². The molecule has 0 fully saturated rings. The molecule has 0 aliphatic rings. The third-order valence-corrected chi connectivity index (χ3v) is 2.48. The van der Waals surface area contributed by atoms with Crippen LogP contribution < -0.4 is 15.8 Å². The molecule has 21 heavy (non-hydrogen) atoms. The maximum absolute atomic E-state index is 13.6. The van der Waals surface area contributed by atoms with Crippen molar-refractivity contribution in [3.8, 4) is 5.75 Å². The molecule has 0 saturated heterocycles. The number of hydrogen-bond donors (Lipinski definition) is 2. The second kappa shape index (κ2) is 6.93. The molecule has 0 aliphatic heterocycles. The Bertz CT molecular complexity index is 552. The molecule has 3 N–H and O–H groups in total. The van der Waals surface area contributed by atoms with Gasteiger partial charge >= 0.3 is 5.69 Å². The summed E-state index contributed by atoms with van der Waals surface area (Å²) in [5.41, 5.74) is 4.15. The van der Waals surface area contributed by atoms with E-state index in [4.69, 9.17) is 10.5 Å². The summed E-state index contributed by atoms with van der Waals surface area (Å²) in [4.78, 5) is 20.6. The average Bonchev–Trinajstić information content (AvgIpc) is 2.36. The van der Waals surface area contributed by atoms with Gasteiger partial charge in [0.2, 0.25) is 11.7 Å². The molecule has 0 bridgehead atoms. The Morgan fingerprint density at radius 2 is 2.05 bits per heavy atom. The number of rotatable bonds is 7. The summed E-state index contributed by atoms with van der Waals surface area (Å²) in [6.45, 7) is 3.20. The van der Waals surface area contributed by atoms with Crippen LogP contribution in [-0.4, -0.2) is 29.5 Å². The number of nitro groups is 1. The molecule has 0 saturated carbocycles. The normalized spacial score (nSPS) is 12.2. The summed E-state index contributed by atoms with van der Waals surface area (Å²) in [5.74, 6) is -3.58. The summed E-state index contributed by atoms with van der Waals surface area (Å²) in [5, 5.41) is 13.2. The van der Waals surface area contributed by atoms with E-state index in [0.717, 1.165) is 0 Å². The molecule has 0 spiro atoms. The highest BCUT2D eigenvalue weighted by Crippen LogP contribution is 2.26. The molecular weight excluding hydrogens is 288 g/mol. The smallest absolute Gasteiger partial charge is 0.307 e. The molecule has 0 radical (unpaired) electrons. The number of nitrogens with one attached hydrogen (secondary N) is 1. The Kier molecular flexibility index (Phi) is 5.53. The number of hydrogen-bond acceptors (Lipinski definition) is 5. The maximum atomic E-state index is 13.6. The van der Waals surface area contributed by atoms with Crippen molar-refractivity contribution in [1.29, 1.82) is 0 Å². The highest BCUT2D eigenvalue weighted by atomic mass is 19.1. The van der Waals surface area contributed by atoms with Crippen LogP contribution in [0.1, 0.15) is 13.8 Å². The predicted molar refractivity (Wildman–Crippen MR) is 69.8 cm³/mol. The van der Waals surface area contributed by atoms with Gasteiger partial charge in [0.1, 0.15) is 12.6 Å². The first kappa shape index (κ1) is 16.8. The highest BCUT2D eigenvalue weighted by molar-refractivity contribution is 5.80. The minimum atomic E-state index is -1.23. The van der Waals surface area contributed by atoms with E-state index in [-0.39, 0.29) is 12.6 Å². The lowest BCUT2D eigenvalue weighted by molar-refractivity contribution is -0.387. The van der Waals surface area contributed by atoms with Crippen LogP contribution in [0, 0.1) is 21.7 Å². The van der Waals surface area contributed by atoms with Gasteiger partial charge in [0, 0.05) is 12.1 Å². The number of ether oxygens (including phenoxy) is 1.